The summed E-state index contributed by atoms with van der Waals surface area (Å²) in [7, 11) is 0. The van der Waals surface area contributed by atoms with Crippen LogP contribution in [0.15, 0.2) is 18.2 Å². The van der Waals surface area contributed by atoms with Crippen LogP contribution in [0, 0.1) is 0 Å². The minimum Gasteiger partial charge on any atom is -0.487 e. The van der Waals surface area contributed by atoms with Crippen molar-refractivity contribution >= 4 is 16.7 Å². The molecular formula is C12H13N3O3. The van der Waals surface area contributed by atoms with Gasteiger partial charge in [0.1, 0.15) is 17.7 Å². The first kappa shape index (κ1) is 11.0. The van der Waals surface area contributed by atoms with Crippen LogP contribution in [-0.2, 0) is 4.74 Å². The second kappa shape index (κ2) is 4.30. The third-order valence-corrected chi connectivity index (χ3v) is 2.88. The number of hydrogen-bond donors (Lipinski definition) is 2. The van der Waals surface area contributed by atoms with Crippen LogP contribution >= 0.6 is 0 Å². The normalized spacial score (nSPS) is 19.2. The molecule has 1 aliphatic rings. The number of fused-ring (bicyclic) bond motifs is 1. The van der Waals surface area contributed by atoms with Gasteiger partial charge in [-0.05, 0) is 12.1 Å². The highest BCUT2D eigenvalue weighted by atomic mass is 16.5. The van der Waals surface area contributed by atoms with Crippen molar-refractivity contribution in [1.82, 2.24) is 9.97 Å². The van der Waals surface area contributed by atoms with Crippen molar-refractivity contribution in [3.63, 3.8) is 0 Å². The Morgan fingerprint density at radius 1 is 1.39 bits per heavy atom. The summed E-state index contributed by atoms with van der Waals surface area (Å²) in [5, 5.41) is 9.95. The lowest BCUT2D eigenvalue weighted by atomic mass is 10.2. The standard InChI is InChI=1S/C12H13N3O3/c13-11-10-8(14-12(16)15-11)2-1-3-9(10)18-7-4-5-17-6-7/h1-3,7H,4-6H2,(H3,13,14,15,16). The Balaban J connectivity index is 2.05. The molecule has 3 N–H and O–H groups in total. The molecule has 2 aromatic rings. The predicted molar refractivity (Wildman–Crippen MR) is 65.5 cm³/mol. The molecule has 1 unspecified atom stereocenters. The molecule has 0 spiro atoms. The zero-order valence-corrected chi connectivity index (χ0v) is 9.67. The first-order chi connectivity index (χ1) is 8.74. The molecule has 2 heterocycles. The average molecular weight is 247 g/mol. The van der Waals surface area contributed by atoms with E-state index in [1.807, 2.05) is 6.07 Å². The number of aromatic hydroxyl groups is 1. The lowest BCUT2D eigenvalue weighted by Crippen LogP contribution is -2.16. The Hall–Kier alpha value is -2.08. The zero-order chi connectivity index (χ0) is 12.5. The van der Waals surface area contributed by atoms with Crippen LogP contribution in [0.25, 0.3) is 10.9 Å². The second-order valence-electron chi connectivity index (χ2n) is 4.16. The lowest BCUT2D eigenvalue weighted by Gasteiger charge is -2.14. The Bertz CT molecular complexity index is 582. The number of benzene rings is 1. The number of nitrogen functional groups attached to an aromatic ring is 1. The number of ether oxygens (including phenoxy) is 2. The van der Waals surface area contributed by atoms with Crippen molar-refractivity contribution in [3.05, 3.63) is 18.2 Å². The summed E-state index contributed by atoms with van der Waals surface area (Å²) in [5.74, 6) is 0.840. The summed E-state index contributed by atoms with van der Waals surface area (Å²) in [6.07, 6.45) is 0.888. The highest BCUT2D eigenvalue weighted by Gasteiger charge is 2.19. The highest BCUT2D eigenvalue weighted by Crippen LogP contribution is 2.31. The van der Waals surface area contributed by atoms with E-state index < -0.39 is 0 Å². The molecule has 94 valence electrons. The van der Waals surface area contributed by atoms with Crippen LogP contribution in [0.1, 0.15) is 6.42 Å². The molecule has 0 radical (unpaired) electrons. The quantitative estimate of drug-likeness (QED) is 0.825. The Morgan fingerprint density at radius 3 is 3.06 bits per heavy atom. The van der Waals surface area contributed by atoms with E-state index in [9.17, 15) is 5.11 Å². The van der Waals surface area contributed by atoms with Gasteiger partial charge in [-0.1, -0.05) is 6.07 Å². The van der Waals surface area contributed by atoms with Crippen molar-refractivity contribution in [2.24, 2.45) is 0 Å². The van der Waals surface area contributed by atoms with Crippen LogP contribution in [0.3, 0.4) is 0 Å². The molecule has 0 amide bonds. The highest BCUT2D eigenvalue weighted by molar-refractivity contribution is 5.93. The van der Waals surface area contributed by atoms with Crippen molar-refractivity contribution < 1.29 is 14.6 Å². The van der Waals surface area contributed by atoms with Crippen LogP contribution in [0.4, 0.5) is 5.82 Å². The molecule has 6 heteroatoms. The van der Waals surface area contributed by atoms with Crippen LogP contribution in [-0.4, -0.2) is 34.4 Å². The van der Waals surface area contributed by atoms with Gasteiger partial charge in [-0.2, -0.15) is 9.97 Å². The molecule has 0 bridgehead atoms. The van der Waals surface area contributed by atoms with Gasteiger partial charge in [0, 0.05) is 6.42 Å². The monoisotopic (exact) mass is 247 g/mol. The van der Waals surface area contributed by atoms with Crippen molar-refractivity contribution in [2.45, 2.75) is 12.5 Å². The van der Waals surface area contributed by atoms with Crippen molar-refractivity contribution in [1.29, 1.82) is 0 Å². The molecule has 1 aliphatic heterocycles. The predicted octanol–water partition coefficient (Wildman–Crippen LogP) is 1.09. The number of nitrogens with zero attached hydrogens (tertiary/aromatic N) is 2. The maximum atomic E-state index is 9.32. The molecule has 1 atom stereocenters. The minimum atomic E-state index is -0.332. The van der Waals surface area contributed by atoms with Gasteiger partial charge in [0.15, 0.2) is 0 Å². The molecule has 1 saturated heterocycles. The van der Waals surface area contributed by atoms with E-state index >= 15 is 0 Å². The molecule has 1 aromatic heterocycles. The number of rotatable bonds is 2. The summed E-state index contributed by atoms with van der Waals surface area (Å²) >= 11 is 0. The maximum absolute atomic E-state index is 9.32. The first-order valence-electron chi connectivity index (χ1n) is 5.73. The van der Waals surface area contributed by atoms with Crippen molar-refractivity contribution in [2.75, 3.05) is 18.9 Å². The molecule has 0 saturated carbocycles. The van der Waals surface area contributed by atoms with Crippen LogP contribution in [0.5, 0.6) is 11.8 Å². The van der Waals surface area contributed by atoms with Gasteiger partial charge < -0.3 is 20.3 Å². The number of anilines is 1. The molecule has 1 aromatic carbocycles. The van der Waals surface area contributed by atoms with Gasteiger partial charge in [-0.15, -0.1) is 0 Å². The third-order valence-electron chi connectivity index (χ3n) is 2.88. The topological polar surface area (TPSA) is 90.5 Å². The molecule has 1 fully saturated rings. The zero-order valence-electron chi connectivity index (χ0n) is 9.67. The van der Waals surface area contributed by atoms with Crippen LogP contribution in [0.2, 0.25) is 0 Å². The second-order valence-corrected chi connectivity index (χ2v) is 4.16. The molecule has 18 heavy (non-hydrogen) atoms. The molecule has 0 aliphatic carbocycles. The van der Waals surface area contributed by atoms with Gasteiger partial charge >= 0.3 is 6.01 Å². The summed E-state index contributed by atoms with van der Waals surface area (Å²) < 4.78 is 11.1. The maximum Gasteiger partial charge on any atom is 0.316 e. The number of nitrogens with two attached hydrogens (primary N) is 1. The van der Waals surface area contributed by atoms with E-state index in [1.54, 1.807) is 12.1 Å². The summed E-state index contributed by atoms with van der Waals surface area (Å²) in [6, 6.07) is 5.04. The molecule has 6 nitrogen and oxygen atoms in total. The fourth-order valence-corrected chi connectivity index (χ4v) is 2.05. The van der Waals surface area contributed by atoms with Gasteiger partial charge in [-0.25, -0.2) is 0 Å². The molecule has 3 rings (SSSR count). The van der Waals surface area contributed by atoms with E-state index in [0.29, 0.717) is 29.9 Å². The van der Waals surface area contributed by atoms with Crippen LogP contribution < -0.4 is 10.5 Å². The Kier molecular flexibility index (Phi) is 2.64. The number of aromatic nitrogens is 2. The van der Waals surface area contributed by atoms with E-state index in [1.165, 1.54) is 0 Å². The van der Waals surface area contributed by atoms with Crippen molar-refractivity contribution in [3.8, 4) is 11.8 Å². The Morgan fingerprint density at radius 2 is 2.28 bits per heavy atom. The van der Waals surface area contributed by atoms with Gasteiger partial charge in [0.05, 0.1) is 24.1 Å². The van der Waals surface area contributed by atoms with Gasteiger partial charge in [-0.3, -0.25) is 0 Å². The lowest BCUT2D eigenvalue weighted by molar-refractivity contribution is 0.142. The minimum absolute atomic E-state index is 0.0313. The summed E-state index contributed by atoms with van der Waals surface area (Å²) in [6.45, 7) is 1.29. The number of hydrogen-bond acceptors (Lipinski definition) is 6. The van der Waals surface area contributed by atoms with E-state index in [4.69, 9.17) is 15.2 Å². The fourth-order valence-electron chi connectivity index (χ4n) is 2.05. The molecular weight excluding hydrogens is 234 g/mol. The third kappa shape index (κ3) is 1.91. The van der Waals surface area contributed by atoms with E-state index in [0.717, 1.165) is 6.42 Å². The smallest absolute Gasteiger partial charge is 0.316 e. The van der Waals surface area contributed by atoms with E-state index in [2.05, 4.69) is 9.97 Å². The largest absolute Gasteiger partial charge is 0.487 e. The first-order valence-corrected chi connectivity index (χ1v) is 5.73. The fraction of sp³-hybridized carbons (Fsp3) is 0.333. The van der Waals surface area contributed by atoms with E-state index in [-0.39, 0.29) is 17.9 Å². The Labute approximate surface area is 103 Å². The summed E-state index contributed by atoms with van der Waals surface area (Å²) in [4.78, 5) is 7.67. The van der Waals surface area contributed by atoms with Gasteiger partial charge in [0.2, 0.25) is 0 Å². The van der Waals surface area contributed by atoms with Gasteiger partial charge in [0.25, 0.3) is 0 Å². The SMILES string of the molecule is Nc1nc(O)nc2cccc(OC3CCOC3)c12. The summed E-state index contributed by atoms with van der Waals surface area (Å²) in [5.41, 5.74) is 6.38. The average Bonchev–Trinajstić information content (AvgIpc) is 2.81.